The van der Waals surface area contributed by atoms with Crippen LogP contribution in [0.25, 0.3) is 0 Å². The lowest BCUT2D eigenvalue weighted by molar-refractivity contribution is 0.330. The fourth-order valence-electron chi connectivity index (χ4n) is 1.95. The van der Waals surface area contributed by atoms with Crippen LogP contribution in [0.5, 0.6) is 6.01 Å². The molecule has 1 aliphatic rings. The molecule has 1 aliphatic heterocycles. The van der Waals surface area contributed by atoms with Gasteiger partial charge in [-0.1, -0.05) is 40.3 Å². The molecule has 118 valence electrons. The third-order valence-electron chi connectivity index (χ3n) is 2.80. The Morgan fingerprint density at radius 1 is 1.43 bits per heavy atom. The van der Waals surface area contributed by atoms with Gasteiger partial charge >= 0.3 is 0 Å². The molecule has 1 aromatic rings. The van der Waals surface area contributed by atoms with Gasteiger partial charge in [0, 0.05) is 5.69 Å². The predicted molar refractivity (Wildman–Crippen MR) is 87.3 cm³/mol. The van der Waals surface area contributed by atoms with Gasteiger partial charge in [0.15, 0.2) is 0 Å². The number of rotatable bonds is 3. The van der Waals surface area contributed by atoms with E-state index in [2.05, 4.69) is 11.6 Å². The summed E-state index contributed by atoms with van der Waals surface area (Å²) in [6.45, 7) is 15.8. The molecule has 0 saturated carbocycles. The monoisotopic (exact) mass is 294 g/mol. The summed E-state index contributed by atoms with van der Waals surface area (Å²) < 4.78 is 20.8. The van der Waals surface area contributed by atoms with Gasteiger partial charge in [-0.25, -0.2) is 9.37 Å². The van der Waals surface area contributed by atoms with Gasteiger partial charge in [-0.15, -0.1) is 0 Å². The molecule has 21 heavy (non-hydrogen) atoms. The van der Waals surface area contributed by atoms with E-state index in [1.807, 2.05) is 46.1 Å². The van der Waals surface area contributed by atoms with Crippen LogP contribution in [0.3, 0.4) is 0 Å². The molecular formula is C17H27FN2O. The van der Waals surface area contributed by atoms with Crippen LogP contribution in [-0.4, -0.2) is 16.2 Å². The minimum atomic E-state index is -0.302. The highest BCUT2D eigenvalue weighted by atomic mass is 19.1. The van der Waals surface area contributed by atoms with E-state index < -0.39 is 0 Å². The number of fused-ring (bicyclic) bond motifs is 1. The van der Waals surface area contributed by atoms with E-state index in [0.717, 1.165) is 11.3 Å². The van der Waals surface area contributed by atoms with Gasteiger partial charge in [-0.05, 0) is 31.6 Å². The summed E-state index contributed by atoms with van der Waals surface area (Å²) >= 11 is 0. The fourth-order valence-corrected chi connectivity index (χ4v) is 1.95. The number of hydrogen-bond acceptors (Lipinski definition) is 2. The van der Waals surface area contributed by atoms with Gasteiger partial charge in [0.2, 0.25) is 0 Å². The van der Waals surface area contributed by atoms with E-state index in [4.69, 9.17) is 4.74 Å². The maximum atomic E-state index is 13.4. The molecule has 0 fully saturated rings. The van der Waals surface area contributed by atoms with Gasteiger partial charge in [0.25, 0.3) is 6.01 Å². The lowest BCUT2D eigenvalue weighted by Crippen LogP contribution is -2.10. The van der Waals surface area contributed by atoms with Crippen molar-refractivity contribution in [3.05, 3.63) is 48.1 Å². The molecule has 1 aromatic heterocycles. The third-order valence-corrected chi connectivity index (χ3v) is 2.80. The van der Waals surface area contributed by atoms with Crippen molar-refractivity contribution in [1.29, 1.82) is 0 Å². The number of nitrogens with zero attached hydrogens (tertiary/aromatic N) is 2. The van der Waals surface area contributed by atoms with Crippen molar-refractivity contribution < 1.29 is 9.13 Å². The Labute approximate surface area is 127 Å². The van der Waals surface area contributed by atoms with Crippen molar-refractivity contribution in [2.75, 3.05) is 6.61 Å². The van der Waals surface area contributed by atoms with E-state index in [1.165, 1.54) is 18.2 Å². The zero-order valence-corrected chi connectivity index (χ0v) is 14.0. The summed E-state index contributed by atoms with van der Waals surface area (Å²) in [5.74, 6) is -0.302. The Bertz CT molecular complexity index is 501. The fraction of sp³-hybridized carbons (Fsp3) is 0.471. The molecule has 0 saturated heterocycles. The Hall–Kier alpha value is -1.84. The molecule has 0 bridgehead atoms. The highest BCUT2D eigenvalue weighted by Gasteiger charge is 2.27. The quantitative estimate of drug-likeness (QED) is 0.720. The van der Waals surface area contributed by atoms with Crippen molar-refractivity contribution >= 4 is 0 Å². The van der Waals surface area contributed by atoms with Crippen molar-refractivity contribution in [3.8, 4) is 6.01 Å². The summed E-state index contributed by atoms with van der Waals surface area (Å²) in [5, 5.41) is 0. The number of hydrogen-bond donors (Lipinski definition) is 0. The number of halogens is 1. The van der Waals surface area contributed by atoms with Crippen molar-refractivity contribution in [2.24, 2.45) is 0 Å². The molecule has 2 heterocycles. The van der Waals surface area contributed by atoms with E-state index in [-0.39, 0.29) is 11.9 Å². The van der Waals surface area contributed by atoms with Gasteiger partial charge < -0.3 is 4.74 Å². The lowest BCUT2D eigenvalue weighted by atomic mass is 10.1. The molecule has 4 heteroatoms. The van der Waals surface area contributed by atoms with Crippen LogP contribution < -0.4 is 4.74 Å². The third kappa shape index (κ3) is 4.88. The first-order chi connectivity index (χ1) is 10.1. The number of ether oxygens (including phenoxy) is 1. The predicted octanol–water partition coefficient (Wildman–Crippen LogP) is 5.16. The first-order valence-corrected chi connectivity index (χ1v) is 7.46. The van der Waals surface area contributed by atoms with Crippen molar-refractivity contribution in [3.63, 3.8) is 0 Å². The second kappa shape index (κ2) is 9.97. The molecule has 0 aromatic carbocycles. The van der Waals surface area contributed by atoms with Crippen molar-refractivity contribution in [1.82, 2.24) is 9.55 Å². The molecule has 0 amide bonds. The van der Waals surface area contributed by atoms with Gasteiger partial charge in [-0.2, -0.15) is 0 Å². The summed E-state index contributed by atoms with van der Waals surface area (Å²) in [5.41, 5.74) is 1.92. The summed E-state index contributed by atoms with van der Waals surface area (Å²) in [4.78, 5) is 4.13. The van der Waals surface area contributed by atoms with E-state index in [0.29, 0.717) is 12.6 Å². The zero-order chi connectivity index (χ0) is 16.4. The largest absolute Gasteiger partial charge is 0.462 e. The second-order valence-corrected chi connectivity index (χ2v) is 4.05. The molecule has 0 spiro atoms. The normalized spacial score (nSPS) is 16.8. The Morgan fingerprint density at radius 3 is 2.62 bits per heavy atom. The standard InChI is InChI=1S/C13H15FN2O.2C2H6/c1-4-5-11(14)6-9(2)12-8-17-13-15-7-10(3)16(12)13;2*1-2/h4-7,12H,1,8H2,2-3H3;2*1-2H3/b9-6+,11-5+;;. The van der Waals surface area contributed by atoms with Gasteiger partial charge in [0.1, 0.15) is 12.4 Å². The van der Waals surface area contributed by atoms with Crippen LogP contribution in [-0.2, 0) is 0 Å². The molecule has 2 rings (SSSR count). The number of imidazole rings is 1. The molecule has 3 nitrogen and oxygen atoms in total. The second-order valence-electron chi connectivity index (χ2n) is 4.05. The van der Waals surface area contributed by atoms with Gasteiger partial charge in [-0.3, -0.25) is 4.57 Å². The average Bonchev–Trinajstić information content (AvgIpc) is 3.07. The molecule has 0 aliphatic carbocycles. The summed E-state index contributed by atoms with van der Waals surface area (Å²) in [6, 6.07) is 0.629. The van der Waals surface area contributed by atoms with Crippen LogP contribution in [0.2, 0.25) is 0 Å². The highest BCUT2D eigenvalue weighted by Crippen LogP contribution is 2.32. The zero-order valence-electron chi connectivity index (χ0n) is 14.0. The molecule has 1 atom stereocenters. The van der Waals surface area contributed by atoms with Crippen LogP contribution in [0.4, 0.5) is 4.39 Å². The Balaban J connectivity index is 0.000000921. The lowest BCUT2D eigenvalue weighted by Gasteiger charge is -2.12. The maximum absolute atomic E-state index is 13.4. The molecule has 1 unspecified atom stereocenters. The van der Waals surface area contributed by atoms with E-state index in [9.17, 15) is 4.39 Å². The van der Waals surface area contributed by atoms with E-state index in [1.54, 1.807) is 6.20 Å². The summed E-state index contributed by atoms with van der Waals surface area (Å²) in [6.07, 6.45) is 6.02. The summed E-state index contributed by atoms with van der Waals surface area (Å²) in [7, 11) is 0. The first-order valence-electron chi connectivity index (χ1n) is 7.46. The van der Waals surface area contributed by atoms with Crippen LogP contribution in [0, 0.1) is 6.92 Å². The Morgan fingerprint density at radius 2 is 2.05 bits per heavy atom. The average molecular weight is 294 g/mol. The smallest absolute Gasteiger partial charge is 0.297 e. The molecule has 0 radical (unpaired) electrons. The minimum Gasteiger partial charge on any atom is -0.462 e. The van der Waals surface area contributed by atoms with Crippen LogP contribution in [0.15, 0.2) is 42.4 Å². The molecular weight excluding hydrogens is 267 g/mol. The first kappa shape index (κ1) is 19.2. The van der Waals surface area contributed by atoms with Crippen LogP contribution in [0.1, 0.15) is 46.4 Å². The van der Waals surface area contributed by atoms with Crippen molar-refractivity contribution in [2.45, 2.75) is 47.6 Å². The van der Waals surface area contributed by atoms with Gasteiger partial charge in [0.05, 0.1) is 12.2 Å². The van der Waals surface area contributed by atoms with Crippen LogP contribution >= 0.6 is 0 Å². The highest BCUT2D eigenvalue weighted by molar-refractivity contribution is 5.27. The number of aryl methyl sites for hydroxylation is 1. The SMILES string of the molecule is C=C/C=C(F)\C=C(/C)C1COc2ncc(C)n21.CC.CC. The minimum absolute atomic E-state index is 0.0245. The Kier molecular flexibility index (Phi) is 9.10. The topological polar surface area (TPSA) is 27.1 Å². The number of allylic oxidation sites excluding steroid dienone is 4. The maximum Gasteiger partial charge on any atom is 0.297 e. The number of aromatic nitrogens is 2. The van der Waals surface area contributed by atoms with E-state index >= 15 is 0 Å². The molecule has 0 N–H and O–H groups in total.